The molecule has 1 fully saturated rings. The molecule has 4 rings (SSSR count). The molecule has 1 aliphatic heterocycles. The van der Waals surface area contributed by atoms with Crippen LogP contribution >= 0.6 is 23.2 Å². The SMILES string of the molecule is Cc1nc(C)c(Cc2cccc(F)c2)c(N2CCCN(C(=O)c3cc(Cl)cc(Cl)c3)CC2)n1. The van der Waals surface area contributed by atoms with Gasteiger partial charge in [-0.3, -0.25) is 4.79 Å². The molecule has 1 saturated heterocycles. The van der Waals surface area contributed by atoms with E-state index >= 15 is 0 Å². The second-order valence-electron chi connectivity index (χ2n) is 8.26. The van der Waals surface area contributed by atoms with E-state index in [1.165, 1.54) is 6.07 Å². The van der Waals surface area contributed by atoms with Gasteiger partial charge in [0, 0.05) is 59.5 Å². The molecule has 1 aromatic heterocycles. The molecule has 172 valence electrons. The second-order valence-corrected chi connectivity index (χ2v) is 9.13. The van der Waals surface area contributed by atoms with Crippen molar-refractivity contribution in [1.82, 2.24) is 14.9 Å². The van der Waals surface area contributed by atoms with Gasteiger partial charge in [0.05, 0.1) is 0 Å². The van der Waals surface area contributed by atoms with Crippen molar-refractivity contribution >= 4 is 34.9 Å². The highest BCUT2D eigenvalue weighted by Gasteiger charge is 2.24. The third-order valence-electron chi connectivity index (χ3n) is 5.77. The third-order valence-corrected chi connectivity index (χ3v) is 6.20. The van der Waals surface area contributed by atoms with Gasteiger partial charge < -0.3 is 9.80 Å². The predicted molar refractivity (Wildman–Crippen MR) is 130 cm³/mol. The highest BCUT2D eigenvalue weighted by Crippen LogP contribution is 2.26. The summed E-state index contributed by atoms with van der Waals surface area (Å²) in [4.78, 5) is 26.4. The molecule has 5 nitrogen and oxygen atoms in total. The number of carbonyl (C=O) groups is 1. The monoisotopic (exact) mass is 486 g/mol. The Kier molecular flexibility index (Phi) is 7.15. The van der Waals surface area contributed by atoms with Gasteiger partial charge in [-0.2, -0.15) is 0 Å². The summed E-state index contributed by atoms with van der Waals surface area (Å²) >= 11 is 12.2. The van der Waals surface area contributed by atoms with E-state index in [1.807, 2.05) is 24.8 Å². The van der Waals surface area contributed by atoms with Gasteiger partial charge in [0.2, 0.25) is 0 Å². The minimum Gasteiger partial charge on any atom is -0.354 e. The molecule has 0 spiro atoms. The van der Waals surface area contributed by atoms with Crippen LogP contribution in [0, 0.1) is 19.7 Å². The zero-order valence-corrected chi connectivity index (χ0v) is 20.1. The molecule has 33 heavy (non-hydrogen) atoms. The number of aromatic nitrogens is 2. The maximum atomic E-state index is 13.8. The normalized spacial score (nSPS) is 14.3. The molecule has 0 bridgehead atoms. The van der Waals surface area contributed by atoms with Crippen LogP contribution in [0.2, 0.25) is 10.0 Å². The van der Waals surface area contributed by atoms with Gasteiger partial charge >= 0.3 is 0 Å². The van der Waals surface area contributed by atoms with Crippen LogP contribution in [0.25, 0.3) is 0 Å². The van der Waals surface area contributed by atoms with E-state index in [2.05, 4.69) is 9.88 Å². The highest BCUT2D eigenvalue weighted by molar-refractivity contribution is 6.35. The van der Waals surface area contributed by atoms with E-state index in [-0.39, 0.29) is 11.7 Å². The molecule has 0 N–H and O–H groups in total. The largest absolute Gasteiger partial charge is 0.354 e. The van der Waals surface area contributed by atoms with Crippen LogP contribution in [-0.2, 0) is 6.42 Å². The van der Waals surface area contributed by atoms with Crippen molar-refractivity contribution in [3.8, 4) is 0 Å². The lowest BCUT2D eigenvalue weighted by Gasteiger charge is -2.26. The van der Waals surface area contributed by atoms with Crippen LogP contribution in [0.5, 0.6) is 0 Å². The standard InChI is InChI=1S/C25H25Cl2FN4O/c1-16-23(12-18-5-3-6-22(28)11-18)24(30-17(2)29-16)31-7-4-8-32(10-9-31)25(33)19-13-20(26)15-21(27)14-19/h3,5-6,11,13-15H,4,7-10,12H2,1-2H3. The third kappa shape index (κ3) is 5.63. The zero-order chi connectivity index (χ0) is 23.5. The Labute approximate surface area is 203 Å². The molecule has 2 aromatic carbocycles. The fraction of sp³-hybridized carbons (Fsp3) is 0.320. The lowest BCUT2D eigenvalue weighted by atomic mass is 10.0. The van der Waals surface area contributed by atoms with Crippen molar-refractivity contribution in [2.45, 2.75) is 26.7 Å². The Morgan fingerprint density at radius 2 is 1.76 bits per heavy atom. The first-order chi connectivity index (χ1) is 15.8. The Balaban J connectivity index is 1.57. The first-order valence-corrected chi connectivity index (χ1v) is 11.6. The van der Waals surface area contributed by atoms with Crippen LogP contribution in [0.1, 0.15) is 39.4 Å². The van der Waals surface area contributed by atoms with Gasteiger partial charge in [0.25, 0.3) is 5.91 Å². The molecule has 8 heteroatoms. The van der Waals surface area contributed by atoms with Crippen LogP contribution in [0.15, 0.2) is 42.5 Å². The molecule has 3 aromatic rings. The quantitative estimate of drug-likeness (QED) is 0.489. The van der Waals surface area contributed by atoms with Crippen LogP contribution in [0.4, 0.5) is 10.2 Å². The van der Waals surface area contributed by atoms with Crippen molar-refractivity contribution in [3.05, 3.63) is 86.5 Å². The minimum atomic E-state index is -0.259. The molecule has 0 unspecified atom stereocenters. The number of halogens is 3. The summed E-state index contributed by atoms with van der Waals surface area (Å²) in [6.07, 6.45) is 1.33. The number of hydrogen-bond acceptors (Lipinski definition) is 4. The Morgan fingerprint density at radius 1 is 1.00 bits per heavy atom. The molecule has 2 heterocycles. The summed E-state index contributed by atoms with van der Waals surface area (Å²) in [6.45, 7) is 6.40. The van der Waals surface area contributed by atoms with E-state index < -0.39 is 0 Å². The minimum absolute atomic E-state index is 0.0868. The van der Waals surface area contributed by atoms with Gasteiger partial charge in [-0.25, -0.2) is 14.4 Å². The molecule has 1 amide bonds. The molecule has 1 aliphatic rings. The topological polar surface area (TPSA) is 49.3 Å². The van der Waals surface area contributed by atoms with Crippen molar-refractivity contribution in [1.29, 1.82) is 0 Å². The number of aryl methyl sites for hydroxylation is 2. The first-order valence-electron chi connectivity index (χ1n) is 10.9. The summed E-state index contributed by atoms with van der Waals surface area (Å²) in [5.74, 6) is 1.20. The van der Waals surface area contributed by atoms with Gasteiger partial charge in [0.15, 0.2) is 0 Å². The Bertz CT molecular complexity index is 1170. The molecular formula is C25H25Cl2FN4O. The maximum Gasteiger partial charge on any atom is 0.254 e. The fourth-order valence-corrected chi connectivity index (χ4v) is 4.76. The molecular weight excluding hydrogens is 462 g/mol. The maximum absolute atomic E-state index is 13.8. The first kappa shape index (κ1) is 23.5. The number of benzene rings is 2. The molecule has 0 aliphatic carbocycles. The van der Waals surface area contributed by atoms with E-state index in [4.69, 9.17) is 28.2 Å². The van der Waals surface area contributed by atoms with Crippen LogP contribution in [0.3, 0.4) is 0 Å². The second kappa shape index (κ2) is 10.1. The van der Waals surface area contributed by atoms with Crippen molar-refractivity contribution in [3.63, 3.8) is 0 Å². The smallest absolute Gasteiger partial charge is 0.254 e. The van der Waals surface area contributed by atoms with E-state index in [0.29, 0.717) is 47.5 Å². The summed E-state index contributed by atoms with van der Waals surface area (Å²) in [7, 11) is 0. The van der Waals surface area contributed by atoms with E-state index in [0.717, 1.165) is 35.6 Å². The highest BCUT2D eigenvalue weighted by atomic mass is 35.5. The molecule has 0 saturated carbocycles. The van der Waals surface area contributed by atoms with Crippen molar-refractivity contribution < 1.29 is 9.18 Å². The van der Waals surface area contributed by atoms with Gasteiger partial charge in [-0.1, -0.05) is 35.3 Å². The fourth-order valence-electron chi connectivity index (χ4n) is 4.23. The van der Waals surface area contributed by atoms with Gasteiger partial charge in [0.1, 0.15) is 17.5 Å². The average Bonchev–Trinajstić information content (AvgIpc) is 3.00. The number of hydrogen-bond donors (Lipinski definition) is 0. The Morgan fingerprint density at radius 3 is 2.48 bits per heavy atom. The lowest BCUT2D eigenvalue weighted by Crippen LogP contribution is -2.35. The van der Waals surface area contributed by atoms with Crippen molar-refractivity contribution in [2.24, 2.45) is 0 Å². The number of carbonyl (C=O) groups excluding carboxylic acids is 1. The number of rotatable bonds is 4. The van der Waals surface area contributed by atoms with Crippen LogP contribution in [-0.4, -0.2) is 47.0 Å². The molecule has 0 radical (unpaired) electrons. The summed E-state index contributed by atoms with van der Waals surface area (Å²) < 4.78 is 13.8. The predicted octanol–water partition coefficient (Wildman–Crippen LogP) is 5.48. The van der Waals surface area contributed by atoms with E-state index in [9.17, 15) is 9.18 Å². The summed E-state index contributed by atoms with van der Waals surface area (Å²) in [5, 5.41) is 0.882. The zero-order valence-electron chi connectivity index (χ0n) is 18.6. The lowest BCUT2D eigenvalue weighted by molar-refractivity contribution is 0.0767. The average molecular weight is 487 g/mol. The summed E-state index contributed by atoms with van der Waals surface area (Å²) in [6, 6.07) is 11.5. The van der Waals surface area contributed by atoms with E-state index in [1.54, 1.807) is 30.3 Å². The van der Waals surface area contributed by atoms with Gasteiger partial charge in [-0.05, 0) is 56.2 Å². The molecule has 0 atom stereocenters. The van der Waals surface area contributed by atoms with Gasteiger partial charge in [-0.15, -0.1) is 0 Å². The van der Waals surface area contributed by atoms with Crippen LogP contribution < -0.4 is 4.90 Å². The van der Waals surface area contributed by atoms with Crippen molar-refractivity contribution in [2.75, 3.05) is 31.1 Å². The summed E-state index contributed by atoms with van der Waals surface area (Å²) in [5.41, 5.74) is 3.22. The Hall–Kier alpha value is -2.70. The number of nitrogens with zero attached hydrogens (tertiary/aromatic N) is 4. The number of amides is 1. The number of anilines is 1.